The van der Waals surface area contributed by atoms with Crippen LogP contribution in [0.3, 0.4) is 0 Å². The molecule has 2 aromatic carbocycles. The summed E-state index contributed by atoms with van der Waals surface area (Å²) in [6, 6.07) is 16.1. The Balaban J connectivity index is 1.59. The number of hydrogen-bond acceptors (Lipinski definition) is 6. The molecule has 0 fully saturated rings. The third-order valence-corrected chi connectivity index (χ3v) is 5.41. The van der Waals surface area contributed by atoms with Gasteiger partial charge in [0.15, 0.2) is 0 Å². The number of hydrogen-bond donors (Lipinski definition) is 2. The van der Waals surface area contributed by atoms with E-state index in [1.54, 1.807) is 0 Å². The average molecular weight is 477 g/mol. The molecule has 0 saturated heterocycles. The van der Waals surface area contributed by atoms with Crippen molar-refractivity contribution >= 4 is 24.0 Å². The maximum Gasteiger partial charge on any atom is 0.306 e. The first-order valence-electron chi connectivity index (χ1n) is 11.8. The number of aryl methyl sites for hydroxylation is 1. The molecule has 1 aliphatic rings. The Morgan fingerprint density at radius 1 is 1.09 bits per heavy atom. The van der Waals surface area contributed by atoms with Crippen LogP contribution < -0.4 is 10.6 Å². The number of carbonyl (C=O) groups is 3. The van der Waals surface area contributed by atoms with E-state index in [-0.39, 0.29) is 18.3 Å². The summed E-state index contributed by atoms with van der Waals surface area (Å²) in [4.78, 5) is 33.8. The van der Waals surface area contributed by atoms with Crippen LogP contribution in [0.2, 0.25) is 0 Å². The maximum atomic E-state index is 11.9. The lowest BCUT2D eigenvalue weighted by Crippen LogP contribution is -2.27. The topological polar surface area (TPSA) is 100 Å². The molecule has 0 bridgehead atoms. The number of nitrogens with one attached hydrogen (secondary N) is 2. The number of allylic oxidation sites excluding steroid dienone is 1. The molecule has 0 unspecified atom stereocenters. The molecule has 0 radical (unpaired) electrons. The van der Waals surface area contributed by atoms with Crippen LogP contribution in [0.25, 0.3) is 0 Å². The summed E-state index contributed by atoms with van der Waals surface area (Å²) in [7, 11) is 0. The van der Waals surface area contributed by atoms with Gasteiger partial charge in [-0.25, -0.2) is 0 Å². The lowest BCUT2D eigenvalue weighted by Gasteiger charge is -2.22. The van der Waals surface area contributed by atoms with Gasteiger partial charge in [0.2, 0.25) is 12.3 Å². The van der Waals surface area contributed by atoms with E-state index in [9.17, 15) is 14.4 Å². The molecule has 0 spiro atoms. The Kier molecular flexibility index (Phi) is 10.0. The third kappa shape index (κ3) is 8.73. The molecular weight excluding hydrogens is 444 g/mol. The molecule has 1 aliphatic heterocycles. The van der Waals surface area contributed by atoms with Crippen molar-refractivity contribution in [2.45, 2.75) is 39.3 Å². The first kappa shape index (κ1) is 25.7. The molecule has 8 heteroatoms. The minimum Gasteiger partial charge on any atom is -0.466 e. The van der Waals surface area contributed by atoms with Crippen LogP contribution in [0.15, 0.2) is 65.8 Å². The molecule has 8 nitrogen and oxygen atoms in total. The standard InChI is InChI=1S/C27H32N4O4/c1-2-35-27(34)12-11-21-6-3-8-23(16-21)19-31-15-5-10-25(30-31)24-9-4-7-22(17-24)18-29-26(33)13-14-28-20-32/h3-10,16-17,20H,2,11-15,18-19H2,1H3,(H,28,32)(H,29,33). The number of hydrazone groups is 1. The first-order valence-corrected chi connectivity index (χ1v) is 11.8. The van der Waals surface area contributed by atoms with Gasteiger partial charge in [0, 0.05) is 31.5 Å². The lowest BCUT2D eigenvalue weighted by molar-refractivity contribution is -0.143. The molecule has 1 heterocycles. The second-order valence-electron chi connectivity index (χ2n) is 8.16. The van der Waals surface area contributed by atoms with Gasteiger partial charge in [0.1, 0.15) is 0 Å². The van der Waals surface area contributed by atoms with Crippen LogP contribution in [0.5, 0.6) is 0 Å². The van der Waals surface area contributed by atoms with Crippen molar-refractivity contribution in [2.24, 2.45) is 5.10 Å². The van der Waals surface area contributed by atoms with E-state index < -0.39 is 0 Å². The molecule has 0 aliphatic carbocycles. The highest BCUT2D eigenvalue weighted by Gasteiger charge is 2.11. The molecule has 184 valence electrons. The molecule has 2 N–H and O–H groups in total. The average Bonchev–Trinajstić information content (AvgIpc) is 2.87. The van der Waals surface area contributed by atoms with Crippen molar-refractivity contribution < 1.29 is 19.1 Å². The Morgan fingerprint density at radius 2 is 1.89 bits per heavy atom. The number of amides is 2. The number of esters is 1. The van der Waals surface area contributed by atoms with E-state index in [0.717, 1.165) is 28.0 Å². The summed E-state index contributed by atoms with van der Waals surface area (Å²) >= 11 is 0. The summed E-state index contributed by atoms with van der Waals surface area (Å²) in [6.07, 6.45) is 5.95. The van der Waals surface area contributed by atoms with E-state index in [4.69, 9.17) is 9.84 Å². The molecule has 35 heavy (non-hydrogen) atoms. The first-order chi connectivity index (χ1) is 17.1. The minimum atomic E-state index is -0.176. The van der Waals surface area contributed by atoms with Crippen molar-refractivity contribution in [2.75, 3.05) is 19.7 Å². The van der Waals surface area contributed by atoms with Crippen molar-refractivity contribution in [3.63, 3.8) is 0 Å². The highest BCUT2D eigenvalue weighted by Crippen LogP contribution is 2.15. The fourth-order valence-corrected chi connectivity index (χ4v) is 3.71. The highest BCUT2D eigenvalue weighted by atomic mass is 16.5. The van der Waals surface area contributed by atoms with Crippen LogP contribution in [0.1, 0.15) is 42.0 Å². The number of rotatable bonds is 13. The predicted octanol–water partition coefficient (Wildman–Crippen LogP) is 2.71. The van der Waals surface area contributed by atoms with E-state index in [2.05, 4.69) is 28.8 Å². The van der Waals surface area contributed by atoms with Gasteiger partial charge in [0.25, 0.3) is 0 Å². The summed E-state index contributed by atoms with van der Waals surface area (Å²) in [5.41, 5.74) is 5.04. The van der Waals surface area contributed by atoms with Crippen LogP contribution in [0, 0.1) is 0 Å². The normalized spacial score (nSPS) is 12.6. The largest absolute Gasteiger partial charge is 0.466 e. The molecular formula is C27H32N4O4. The monoisotopic (exact) mass is 476 g/mol. The van der Waals surface area contributed by atoms with Crippen LogP contribution >= 0.6 is 0 Å². The quantitative estimate of drug-likeness (QED) is 0.263. The lowest BCUT2D eigenvalue weighted by atomic mass is 10.0. The fourth-order valence-electron chi connectivity index (χ4n) is 3.71. The number of benzene rings is 2. The number of ether oxygens (including phenoxy) is 1. The van der Waals surface area contributed by atoms with Crippen molar-refractivity contribution in [1.29, 1.82) is 0 Å². The zero-order valence-corrected chi connectivity index (χ0v) is 20.0. The van der Waals surface area contributed by atoms with Gasteiger partial charge < -0.3 is 15.4 Å². The molecule has 0 aromatic heterocycles. The number of carbonyl (C=O) groups excluding carboxylic acids is 3. The zero-order valence-electron chi connectivity index (χ0n) is 20.0. The van der Waals surface area contributed by atoms with E-state index in [1.807, 2.05) is 54.4 Å². The van der Waals surface area contributed by atoms with Crippen LogP contribution in [-0.2, 0) is 38.6 Å². The van der Waals surface area contributed by atoms with Gasteiger partial charge in [0.05, 0.1) is 25.4 Å². The minimum absolute atomic E-state index is 0.115. The Bertz CT molecular complexity index is 1080. The van der Waals surface area contributed by atoms with Crippen LogP contribution in [0.4, 0.5) is 0 Å². The Hall–Kier alpha value is -3.94. The zero-order chi connectivity index (χ0) is 24.9. The Morgan fingerprint density at radius 3 is 2.71 bits per heavy atom. The summed E-state index contributed by atoms with van der Waals surface area (Å²) in [5, 5.41) is 12.2. The van der Waals surface area contributed by atoms with Gasteiger partial charge in [-0.1, -0.05) is 48.5 Å². The van der Waals surface area contributed by atoms with Crippen molar-refractivity contribution in [3.8, 4) is 0 Å². The number of nitrogens with zero attached hydrogens (tertiary/aromatic N) is 2. The van der Waals surface area contributed by atoms with E-state index in [1.165, 1.54) is 0 Å². The van der Waals surface area contributed by atoms with Gasteiger partial charge in [-0.2, -0.15) is 5.10 Å². The summed E-state index contributed by atoms with van der Waals surface area (Å²) in [6.45, 7) is 4.31. The van der Waals surface area contributed by atoms with Crippen molar-refractivity contribution in [1.82, 2.24) is 15.6 Å². The van der Waals surface area contributed by atoms with Gasteiger partial charge >= 0.3 is 5.97 Å². The van der Waals surface area contributed by atoms with Crippen LogP contribution in [-0.4, -0.2) is 48.7 Å². The fraction of sp³-hybridized carbons (Fsp3) is 0.333. The van der Waals surface area contributed by atoms with Crippen molar-refractivity contribution in [3.05, 3.63) is 82.9 Å². The predicted molar refractivity (Wildman–Crippen MR) is 134 cm³/mol. The van der Waals surface area contributed by atoms with E-state index >= 15 is 0 Å². The molecule has 2 aromatic rings. The molecule has 0 saturated carbocycles. The second kappa shape index (κ2) is 13.7. The molecule has 0 atom stereocenters. The van der Waals surface area contributed by atoms with Gasteiger partial charge in [-0.3, -0.25) is 19.4 Å². The molecule has 2 amide bonds. The SMILES string of the molecule is CCOC(=O)CCc1cccc(CN2CC=CC(c3cccc(CNC(=O)CCNC=O)c3)=N2)c1. The summed E-state index contributed by atoms with van der Waals surface area (Å²) < 4.78 is 5.02. The highest BCUT2D eigenvalue weighted by molar-refractivity contribution is 6.09. The maximum absolute atomic E-state index is 11.9. The van der Waals surface area contributed by atoms with Gasteiger partial charge in [-0.15, -0.1) is 0 Å². The molecule has 3 rings (SSSR count). The Labute approximate surface area is 206 Å². The van der Waals surface area contributed by atoms with E-state index in [0.29, 0.717) is 52.0 Å². The summed E-state index contributed by atoms with van der Waals surface area (Å²) in [5.74, 6) is -0.291. The third-order valence-electron chi connectivity index (χ3n) is 5.41. The van der Waals surface area contributed by atoms with Gasteiger partial charge in [-0.05, 0) is 42.2 Å². The smallest absolute Gasteiger partial charge is 0.306 e. The second-order valence-corrected chi connectivity index (χ2v) is 8.16.